The number of rotatable bonds is 10. The molecule has 3 N–H and O–H groups in total. The van der Waals surface area contributed by atoms with E-state index in [2.05, 4.69) is 39.3 Å². The van der Waals surface area contributed by atoms with E-state index in [0.29, 0.717) is 9.72 Å². The van der Waals surface area contributed by atoms with Gasteiger partial charge in [-0.3, -0.25) is 0 Å². The van der Waals surface area contributed by atoms with E-state index < -0.39 is 28.8 Å². The second-order valence-electron chi connectivity index (χ2n) is 12.1. The van der Waals surface area contributed by atoms with Crippen molar-refractivity contribution < 1.29 is 43.7 Å². The molecule has 0 radical (unpaired) electrons. The van der Waals surface area contributed by atoms with Crippen LogP contribution in [0.5, 0.6) is 11.5 Å². The minimum absolute atomic E-state index is 0.182. The van der Waals surface area contributed by atoms with Gasteiger partial charge in [0, 0.05) is 0 Å². The summed E-state index contributed by atoms with van der Waals surface area (Å²) in [6.45, 7) is 0. The molecular formula is C38H46NO6PPdS. The van der Waals surface area contributed by atoms with Crippen LogP contribution < -0.4 is 24.5 Å². The van der Waals surface area contributed by atoms with Crippen LogP contribution in [0.25, 0.3) is 22.3 Å². The maximum atomic E-state index is 10.6. The molecule has 10 heteroatoms. The summed E-state index contributed by atoms with van der Waals surface area (Å²) in [5, 5.41) is 1.59. The van der Waals surface area contributed by atoms with E-state index in [4.69, 9.17) is 19.8 Å². The molecule has 2 aliphatic carbocycles. The molecule has 0 spiro atoms. The molecule has 0 aliphatic heterocycles. The quantitative estimate of drug-likeness (QED) is 0.0719. The Bertz CT molecular complexity index is 1700. The molecule has 0 saturated heterocycles. The third-order valence-electron chi connectivity index (χ3n) is 9.08. The zero-order valence-corrected chi connectivity index (χ0v) is 30.9. The molecule has 4 aromatic rings. The van der Waals surface area contributed by atoms with Gasteiger partial charge in [0.05, 0.1) is 19.8 Å². The summed E-state index contributed by atoms with van der Waals surface area (Å²) >= 11 is -0.733. The van der Waals surface area contributed by atoms with Crippen LogP contribution in [0.2, 0.25) is 0 Å². The van der Waals surface area contributed by atoms with Crippen LogP contribution in [-0.2, 0) is 31.7 Å². The summed E-state index contributed by atoms with van der Waals surface area (Å²) in [6, 6.07) is 29.7. The fraction of sp³-hybridized carbons (Fsp3) is 0.368. The zero-order chi connectivity index (χ0) is 33.9. The first-order chi connectivity index (χ1) is 23.3. The first-order valence-corrected chi connectivity index (χ1v) is 20.8. The van der Waals surface area contributed by atoms with Gasteiger partial charge in [0.15, 0.2) is 0 Å². The number of nitrogens with two attached hydrogens (primary N) is 1. The first-order valence-electron chi connectivity index (χ1n) is 16.6. The number of ether oxygens (including phenoxy) is 2. The summed E-state index contributed by atoms with van der Waals surface area (Å²) in [4.78, 5) is 0. The summed E-state index contributed by atoms with van der Waals surface area (Å²) in [7, 11) is -1.08. The fourth-order valence-electron chi connectivity index (χ4n) is 6.96. The molecular weight excluding hydrogens is 736 g/mol. The Kier molecular flexibility index (Phi) is 13.5. The molecule has 260 valence electrons. The van der Waals surface area contributed by atoms with Gasteiger partial charge in [0.25, 0.3) is 0 Å². The summed E-state index contributed by atoms with van der Waals surface area (Å²) in [6.07, 6.45) is 14.2. The second-order valence-corrected chi connectivity index (χ2v) is 17.8. The maximum absolute atomic E-state index is 10.6. The number of hydrogen-bond donors (Lipinski definition) is 2. The molecule has 0 bridgehead atoms. The average Bonchev–Trinajstić information content (AvgIpc) is 3.12. The summed E-state index contributed by atoms with van der Waals surface area (Å²) < 4.78 is 46.6. The van der Waals surface area contributed by atoms with Crippen molar-refractivity contribution in [3.63, 3.8) is 0 Å². The number of nitrogen functional groups attached to an aromatic ring is 1. The molecule has 0 unspecified atom stereocenters. The van der Waals surface area contributed by atoms with Crippen molar-refractivity contribution in [2.24, 2.45) is 0 Å². The van der Waals surface area contributed by atoms with Gasteiger partial charge in [-0.05, 0) is 60.0 Å². The molecule has 0 amide bonds. The molecule has 2 aliphatic rings. The molecule has 48 heavy (non-hydrogen) atoms. The molecule has 7 nitrogen and oxygen atoms in total. The van der Waals surface area contributed by atoms with Gasteiger partial charge < -0.3 is 9.47 Å². The van der Waals surface area contributed by atoms with Crippen LogP contribution in [0.3, 0.4) is 0 Å². The fourth-order valence-corrected chi connectivity index (χ4v) is 12.7. The van der Waals surface area contributed by atoms with Crippen LogP contribution in [0.1, 0.15) is 64.2 Å². The monoisotopic (exact) mass is 781 g/mol. The Hall–Kier alpha value is -2.76. The third kappa shape index (κ3) is 9.48. The van der Waals surface area contributed by atoms with Crippen molar-refractivity contribution in [2.45, 2.75) is 75.5 Å². The van der Waals surface area contributed by atoms with Crippen LogP contribution in [0.15, 0.2) is 91.0 Å². The predicted molar refractivity (Wildman–Crippen MR) is 194 cm³/mol. The van der Waals surface area contributed by atoms with Gasteiger partial charge in [-0.2, -0.15) is 0 Å². The zero-order valence-electron chi connectivity index (χ0n) is 27.6. The van der Waals surface area contributed by atoms with Crippen molar-refractivity contribution in [2.75, 3.05) is 20.0 Å². The molecule has 0 atom stereocenters. The molecule has 0 aromatic heterocycles. The SMILES string of the molecule is COc1cccc(OC)c1-c1ccccc1P(C1CCCCC1)C1CCCCC1.Nc1ccccc1-c1cccc[c]1[Pd][O]S(=O)(=O)O. The van der Waals surface area contributed by atoms with E-state index in [-0.39, 0.29) is 7.92 Å². The summed E-state index contributed by atoms with van der Waals surface area (Å²) in [5.74, 6) is 1.83. The van der Waals surface area contributed by atoms with Gasteiger partial charge in [-0.25, -0.2) is 0 Å². The number of methoxy groups -OCH3 is 2. The second kappa shape index (κ2) is 17.8. The van der Waals surface area contributed by atoms with E-state index in [9.17, 15) is 8.42 Å². The van der Waals surface area contributed by atoms with Gasteiger partial charge in [-0.1, -0.05) is 76.8 Å². The van der Waals surface area contributed by atoms with Gasteiger partial charge in [0.2, 0.25) is 0 Å². The third-order valence-corrected chi connectivity index (χ3v) is 15.2. The Morgan fingerprint density at radius 2 is 1.17 bits per heavy atom. The number of anilines is 1. The van der Waals surface area contributed by atoms with E-state index in [1.807, 2.05) is 36.4 Å². The number of benzene rings is 4. The van der Waals surface area contributed by atoms with Crippen molar-refractivity contribution in [3.8, 4) is 33.8 Å². The van der Waals surface area contributed by atoms with Gasteiger partial charge >= 0.3 is 120 Å². The number of hydrogen-bond acceptors (Lipinski definition) is 6. The Morgan fingerprint density at radius 3 is 1.71 bits per heavy atom. The van der Waals surface area contributed by atoms with Crippen molar-refractivity contribution in [1.29, 1.82) is 0 Å². The average molecular weight is 782 g/mol. The van der Waals surface area contributed by atoms with Crippen molar-refractivity contribution in [1.82, 2.24) is 0 Å². The molecule has 2 saturated carbocycles. The van der Waals surface area contributed by atoms with Crippen molar-refractivity contribution in [3.05, 3.63) is 91.0 Å². The molecule has 2 fully saturated rings. The standard InChI is InChI=1S/C26H35O2P.C12H10N.H2O4S.Pd/c1-27-23-17-11-18-24(28-2)26(23)22-16-9-10-19-25(22)29(20-12-5-3-6-13-20)21-14-7-4-8-15-21;13-12-9-5-4-8-11(12)10-6-2-1-3-7-10;1-5(2,3)4;/h9-11,16-21H,3-8,12-15H2,1-2H3;1-6,8-9H,13H2;(H2,1,2,3,4);/q;;;+1/p-1. The molecule has 0 heterocycles. The number of para-hydroxylation sites is 1. The normalized spacial score (nSPS) is 15.9. The van der Waals surface area contributed by atoms with Gasteiger partial charge in [0.1, 0.15) is 11.5 Å². The topological polar surface area (TPSA) is 108 Å². The molecule has 6 rings (SSSR count). The molecule has 4 aromatic carbocycles. The van der Waals surface area contributed by atoms with Crippen LogP contribution in [0.4, 0.5) is 5.69 Å². The van der Waals surface area contributed by atoms with E-state index >= 15 is 0 Å². The Balaban J connectivity index is 0.000000206. The Labute approximate surface area is 295 Å². The van der Waals surface area contributed by atoms with Crippen LogP contribution in [-0.4, -0.2) is 38.5 Å². The summed E-state index contributed by atoms with van der Waals surface area (Å²) in [5.41, 5.74) is 12.3. The van der Waals surface area contributed by atoms with Crippen LogP contribution in [0, 0.1) is 0 Å². The van der Waals surface area contributed by atoms with E-state index in [0.717, 1.165) is 39.5 Å². The van der Waals surface area contributed by atoms with Crippen molar-refractivity contribution >= 4 is 33.3 Å². The van der Waals surface area contributed by atoms with Gasteiger partial charge in [-0.15, -0.1) is 0 Å². The first kappa shape index (κ1) is 36.5. The minimum atomic E-state index is -4.44. The van der Waals surface area contributed by atoms with E-state index in [1.54, 1.807) is 37.7 Å². The van der Waals surface area contributed by atoms with E-state index in [1.165, 1.54) is 69.8 Å². The Morgan fingerprint density at radius 1 is 0.667 bits per heavy atom. The predicted octanol–water partition coefficient (Wildman–Crippen LogP) is 8.52. The van der Waals surface area contributed by atoms with Crippen LogP contribution >= 0.6 is 7.92 Å².